The van der Waals surface area contributed by atoms with Crippen molar-refractivity contribution in [2.45, 2.75) is 18.9 Å². The first-order valence-electron chi connectivity index (χ1n) is 6.33. The molecular formula is C13H18N2O4. The molecule has 1 saturated heterocycles. The van der Waals surface area contributed by atoms with Crippen LogP contribution in [0.2, 0.25) is 0 Å². The molecule has 1 N–H and O–H groups in total. The number of aromatic nitrogens is 1. The second-order valence-corrected chi connectivity index (χ2v) is 4.52. The van der Waals surface area contributed by atoms with Gasteiger partial charge in [-0.05, 0) is 25.0 Å². The molecule has 0 spiro atoms. The van der Waals surface area contributed by atoms with Crippen molar-refractivity contribution >= 4 is 11.9 Å². The zero-order valence-electron chi connectivity index (χ0n) is 10.9. The monoisotopic (exact) mass is 266 g/mol. The molecule has 1 aromatic rings. The normalized spacial score (nSPS) is 18.3. The van der Waals surface area contributed by atoms with Crippen LogP contribution < -0.4 is 5.32 Å². The van der Waals surface area contributed by atoms with Crippen molar-refractivity contribution in [2.75, 3.05) is 19.8 Å². The minimum absolute atomic E-state index is 0.0903. The molecule has 0 unspecified atom stereocenters. The Hall–Kier alpha value is -1.82. The first-order chi connectivity index (χ1) is 9.16. The third-order valence-electron chi connectivity index (χ3n) is 3.04. The predicted octanol–water partition coefficient (Wildman–Crippen LogP) is 0.477. The lowest BCUT2D eigenvalue weighted by atomic mass is 10.2. The lowest BCUT2D eigenvalue weighted by molar-refractivity contribution is -0.124. The number of hydrogen-bond donors (Lipinski definition) is 1. The van der Waals surface area contributed by atoms with E-state index in [0.717, 1.165) is 19.4 Å². The van der Waals surface area contributed by atoms with E-state index in [4.69, 9.17) is 9.47 Å². The van der Waals surface area contributed by atoms with E-state index in [0.29, 0.717) is 12.2 Å². The van der Waals surface area contributed by atoms with Crippen molar-refractivity contribution in [3.05, 3.63) is 24.0 Å². The van der Waals surface area contributed by atoms with Gasteiger partial charge < -0.3 is 19.4 Å². The summed E-state index contributed by atoms with van der Waals surface area (Å²) in [4.78, 5) is 23.2. The number of amides is 1. The molecule has 19 heavy (non-hydrogen) atoms. The van der Waals surface area contributed by atoms with Gasteiger partial charge in [0.05, 0.1) is 6.10 Å². The Morgan fingerprint density at radius 1 is 1.58 bits per heavy atom. The van der Waals surface area contributed by atoms with Gasteiger partial charge in [0.25, 0.3) is 5.91 Å². The van der Waals surface area contributed by atoms with Crippen molar-refractivity contribution < 1.29 is 19.1 Å². The molecule has 104 valence electrons. The third-order valence-corrected chi connectivity index (χ3v) is 3.04. The van der Waals surface area contributed by atoms with Crippen LogP contribution in [0, 0.1) is 0 Å². The number of nitrogens with one attached hydrogen (secondary N) is 1. The number of aryl methyl sites for hydroxylation is 1. The molecule has 0 radical (unpaired) electrons. The largest absolute Gasteiger partial charge is 0.451 e. The molecule has 0 bridgehead atoms. The summed E-state index contributed by atoms with van der Waals surface area (Å²) in [6.07, 6.45) is 3.83. The van der Waals surface area contributed by atoms with E-state index in [2.05, 4.69) is 5.32 Å². The summed E-state index contributed by atoms with van der Waals surface area (Å²) >= 11 is 0. The van der Waals surface area contributed by atoms with Crippen LogP contribution in [0.3, 0.4) is 0 Å². The number of esters is 1. The molecule has 2 heterocycles. The second-order valence-electron chi connectivity index (χ2n) is 4.52. The average Bonchev–Trinajstić information content (AvgIpc) is 3.04. The molecule has 6 nitrogen and oxygen atoms in total. The topological polar surface area (TPSA) is 69.6 Å². The fraction of sp³-hybridized carbons (Fsp3) is 0.538. The Morgan fingerprint density at radius 2 is 2.42 bits per heavy atom. The zero-order chi connectivity index (χ0) is 13.7. The summed E-state index contributed by atoms with van der Waals surface area (Å²) in [5.74, 6) is -0.808. The maximum Gasteiger partial charge on any atom is 0.355 e. The van der Waals surface area contributed by atoms with Gasteiger partial charge in [0, 0.05) is 26.4 Å². The Morgan fingerprint density at radius 3 is 3.05 bits per heavy atom. The molecule has 1 aromatic heterocycles. The Balaban J connectivity index is 1.68. The van der Waals surface area contributed by atoms with Gasteiger partial charge in [0.2, 0.25) is 0 Å². The van der Waals surface area contributed by atoms with Crippen molar-refractivity contribution in [1.82, 2.24) is 9.88 Å². The molecule has 6 heteroatoms. The van der Waals surface area contributed by atoms with Crippen LogP contribution in [0.25, 0.3) is 0 Å². The highest BCUT2D eigenvalue weighted by molar-refractivity contribution is 5.89. The van der Waals surface area contributed by atoms with Gasteiger partial charge in [0.15, 0.2) is 6.61 Å². The van der Waals surface area contributed by atoms with Gasteiger partial charge in [-0.3, -0.25) is 4.79 Å². The highest BCUT2D eigenvalue weighted by atomic mass is 16.5. The lowest BCUT2D eigenvalue weighted by Crippen LogP contribution is -2.34. The van der Waals surface area contributed by atoms with Gasteiger partial charge in [-0.15, -0.1) is 0 Å². The summed E-state index contributed by atoms with van der Waals surface area (Å²) in [5.41, 5.74) is 0.423. The van der Waals surface area contributed by atoms with E-state index in [-0.39, 0.29) is 18.6 Å². The van der Waals surface area contributed by atoms with Crippen LogP contribution in [0.1, 0.15) is 23.3 Å². The number of carbonyl (C=O) groups excluding carboxylic acids is 2. The van der Waals surface area contributed by atoms with E-state index in [1.807, 2.05) is 0 Å². The van der Waals surface area contributed by atoms with E-state index in [1.165, 1.54) is 0 Å². The molecule has 1 aliphatic rings. The highest BCUT2D eigenvalue weighted by Gasteiger charge is 2.17. The maximum atomic E-state index is 11.6. The van der Waals surface area contributed by atoms with Crippen LogP contribution in [0.4, 0.5) is 0 Å². The molecular weight excluding hydrogens is 248 g/mol. The predicted molar refractivity (Wildman–Crippen MR) is 67.7 cm³/mol. The van der Waals surface area contributed by atoms with Crippen LogP contribution in [0.5, 0.6) is 0 Å². The molecule has 0 aromatic carbocycles. The average molecular weight is 266 g/mol. The van der Waals surface area contributed by atoms with Crippen LogP contribution in [-0.2, 0) is 21.3 Å². The molecule has 1 fully saturated rings. The SMILES string of the molecule is Cn1cccc1C(=O)OCC(=O)NC[C@H]1CCCO1. The Kier molecular flexibility index (Phi) is 4.57. The minimum atomic E-state index is -0.500. The van der Waals surface area contributed by atoms with Gasteiger partial charge >= 0.3 is 5.97 Å². The van der Waals surface area contributed by atoms with Gasteiger partial charge in [-0.25, -0.2) is 4.79 Å². The fourth-order valence-electron chi connectivity index (χ4n) is 1.96. The molecule has 1 atom stereocenters. The number of ether oxygens (including phenoxy) is 2. The summed E-state index contributed by atoms with van der Waals surface area (Å²) in [6.45, 7) is 0.959. The minimum Gasteiger partial charge on any atom is -0.451 e. The standard InChI is InChI=1S/C13H18N2O4/c1-15-6-2-5-11(15)13(17)19-9-12(16)14-8-10-4-3-7-18-10/h2,5-6,10H,3-4,7-9H2,1H3,(H,14,16)/t10-/m1/s1. The van der Waals surface area contributed by atoms with Crippen molar-refractivity contribution in [2.24, 2.45) is 7.05 Å². The molecule has 2 rings (SSSR count). The van der Waals surface area contributed by atoms with Crippen LogP contribution in [0.15, 0.2) is 18.3 Å². The van der Waals surface area contributed by atoms with E-state index < -0.39 is 5.97 Å². The van der Waals surface area contributed by atoms with E-state index in [1.54, 1.807) is 29.9 Å². The smallest absolute Gasteiger partial charge is 0.355 e. The van der Waals surface area contributed by atoms with Gasteiger partial charge in [-0.2, -0.15) is 0 Å². The summed E-state index contributed by atoms with van der Waals surface area (Å²) < 4.78 is 12.0. The number of nitrogens with zero attached hydrogens (tertiary/aromatic N) is 1. The summed E-state index contributed by atoms with van der Waals surface area (Å²) in [7, 11) is 1.74. The highest BCUT2D eigenvalue weighted by Crippen LogP contribution is 2.10. The molecule has 1 aliphatic heterocycles. The Labute approximate surface area is 111 Å². The van der Waals surface area contributed by atoms with Crippen molar-refractivity contribution in [3.8, 4) is 0 Å². The Bertz CT molecular complexity index is 449. The zero-order valence-corrected chi connectivity index (χ0v) is 10.9. The van der Waals surface area contributed by atoms with Crippen molar-refractivity contribution in [3.63, 3.8) is 0 Å². The quantitative estimate of drug-likeness (QED) is 0.787. The van der Waals surface area contributed by atoms with Gasteiger partial charge in [0.1, 0.15) is 5.69 Å². The third kappa shape index (κ3) is 3.82. The summed E-state index contributed by atoms with van der Waals surface area (Å²) in [6, 6.07) is 3.39. The fourth-order valence-corrected chi connectivity index (χ4v) is 1.96. The number of rotatable bonds is 5. The maximum absolute atomic E-state index is 11.6. The lowest BCUT2D eigenvalue weighted by Gasteiger charge is -2.11. The molecule has 0 saturated carbocycles. The molecule has 1 amide bonds. The number of hydrogen-bond acceptors (Lipinski definition) is 4. The van der Waals surface area contributed by atoms with E-state index in [9.17, 15) is 9.59 Å². The van der Waals surface area contributed by atoms with Crippen LogP contribution in [-0.4, -0.2) is 42.3 Å². The first-order valence-corrected chi connectivity index (χ1v) is 6.33. The van der Waals surface area contributed by atoms with Gasteiger partial charge in [-0.1, -0.05) is 0 Å². The first kappa shape index (κ1) is 13.6. The van der Waals surface area contributed by atoms with Crippen LogP contribution >= 0.6 is 0 Å². The summed E-state index contributed by atoms with van der Waals surface area (Å²) in [5, 5.41) is 2.69. The molecule has 0 aliphatic carbocycles. The van der Waals surface area contributed by atoms with E-state index >= 15 is 0 Å². The number of carbonyl (C=O) groups is 2. The van der Waals surface area contributed by atoms with Crippen molar-refractivity contribution in [1.29, 1.82) is 0 Å². The second kappa shape index (κ2) is 6.38.